The SMILES string of the molecule is O=C(O)C[C@](O)(CCO)C(Cl)Cl. The van der Waals surface area contributed by atoms with Gasteiger partial charge in [-0.2, -0.15) is 0 Å². The van der Waals surface area contributed by atoms with Crippen LogP contribution in [0.25, 0.3) is 0 Å². The van der Waals surface area contributed by atoms with Gasteiger partial charge in [0.15, 0.2) is 0 Å². The molecule has 0 aliphatic carbocycles. The topological polar surface area (TPSA) is 77.8 Å². The van der Waals surface area contributed by atoms with Gasteiger partial charge in [0.25, 0.3) is 0 Å². The first-order chi connectivity index (χ1) is 5.42. The fourth-order valence-electron chi connectivity index (χ4n) is 0.730. The predicted molar refractivity (Wildman–Crippen MR) is 44.4 cm³/mol. The minimum atomic E-state index is -1.75. The number of hydrogen-bond donors (Lipinski definition) is 3. The molecule has 6 heteroatoms. The lowest BCUT2D eigenvalue weighted by atomic mass is 9.98. The van der Waals surface area contributed by atoms with Crippen LogP contribution in [0.5, 0.6) is 0 Å². The summed E-state index contributed by atoms with van der Waals surface area (Å²) in [6, 6.07) is 0. The normalized spacial score (nSPS) is 16.1. The molecule has 0 aromatic heterocycles. The number of aliphatic carboxylic acids is 1. The molecule has 0 aromatic carbocycles. The molecule has 72 valence electrons. The maximum atomic E-state index is 10.2. The molecule has 0 rings (SSSR count). The average molecular weight is 217 g/mol. The van der Waals surface area contributed by atoms with E-state index in [9.17, 15) is 9.90 Å². The van der Waals surface area contributed by atoms with Crippen molar-refractivity contribution in [2.45, 2.75) is 23.3 Å². The van der Waals surface area contributed by atoms with Gasteiger partial charge in [0.1, 0.15) is 10.4 Å². The molecular weight excluding hydrogens is 207 g/mol. The minimum Gasteiger partial charge on any atom is -0.481 e. The second kappa shape index (κ2) is 4.87. The quantitative estimate of drug-likeness (QED) is 0.581. The maximum Gasteiger partial charge on any atom is 0.306 e. The van der Waals surface area contributed by atoms with Crippen LogP contribution >= 0.6 is 23.2 Å². The second-order valence-corrected chi connectivity index (χ2v) is 3.54. The summed E-state index contributed by atoms with van der Waals surface area (Å²) in [4.78, 5) is 9.01. The Morgan fingerprint density at radius 2 is 2.00 bits per heavy atom. The summed E-state index contributed by atoms with van der Waals surface area (Å²) in [6.45, 7) is -0.361. The van der Waals surface area contributed by atoms with Crippen molar-refractivity contribution in [3.05, 3.63) is 0 Å². The number of alkyl halides is 2. The molecule has 0 radical (unpaired) electrons. The van der Waals surface area contributed by atoms with Crippen LogP contribution in [0.3, 0.4) is 0 Å². The number of aliphatic hydroxyl groups is 2. The van der Waals surface area contributed by atoms with E-state index in [1.54, 1.807) is 0 Å². The first-order valence-corrected chi connectivity index (χ1v) is 4.13. The molecule has 0 bridgehead atoms. The smallest absolute Gasteiger partial charge is 0.306 e. The van der Waals surface area contributed by atoms with E-state index in [-0.39, 0.29) is 13.0 Å². The van der Waals surface area contributed by atoms with Gasteiger partial charge < -0.3 is 15.3 Å². The van der Waals surface area contributed by atoms with Gasteiger partial charge in [-0.05, 0) is 0 Å². The number of aliphatic hydroxyl groups excluding tert-OH is 1. The standard InChI is InChI=1S/C6H10Cl2O4/c7-5(8)6(12,1-2-9)3-4(10)11/h5,9,12H,1-3H2,(H,10,11)/t6-/m1/s1. The summed E-state index contributed by atoms with van der Waals surface area (Å²) >= 11 is 10.7. The maximum absolute atomic E-state index is 10.2. The van der Waals surface area contributed by atoms with Crippen molar-refractivity contribution in [1.29, 1.82) is 0 Å². The molecule has 0 aliphatic rings. The molecule has 0 aliphatic heterocycles. The lowest BCUT2D eigenvalue weighted by Gasteiger charge is -2.26. The van der Waals surface area contributed by atoms with Gasteiger partial charge in [-0.3, -0.25) is 4.79 Å². The van der Waals surface area contributed by atoms with E-state index in [4.69, 9.17) is 33.4 Å². The summed E-state index contributed by atoms with van der Waals surface area (Å²) in [5.74, 6) is -1.21. The van der Waals surface area contributed by atoms with Crippen LogP contribution in [0.15, 0.2) is 0 Å². The summed E-state index contributed by atoms with van der Waals surface area (Å²) in [6.07, 6.45) is -0.734. The Balaban J connectivity index is 4.28. The molecular formula is C6H10Cl2O4. The average Bonchev–Trinajstić information content (AvgIpc) is 1.85. The van der Waals surface area contributed by atoms with Crippen molar-refractivity contribution in [1.82, 2.24) is 0 Å². The van der Waals surface area contributed by atoms with E-state index in [1.807, 2.05) is 0 Å². The molecule has 4 nitrogen and oxygen atoms in total. The molecule has 0 saturated heterocycles. The highest BCUT2D eigenvalue weighted by Crippen LogP contribution is 2.27. The molecule has 0 aromatic rings. The van der Waals surface area contributed by atoms with Crippen molar-refractivity contribution in [3.8, 4) is 0 Å². The molecule has 0 unspecified atom stereocenters. The van der Waals surface area contributed by atoms with Crippen molar-refractivity contribution >= 4 is 29.2 Å². The summed E-state index contributed by atoms with van der Waals surface area (Å²) in [7, 11) is 0. The second-order valence-electron chi connectivity index (χ2n) is 2.45. The number of hydrogen-bond acceptors (Lipinski definition) is 3. The minimum absolute atomic E-state index is 0.156. The summed E-state index contributed by atoms with van der Waals surface area (Å²) < 4.78 is 0. The largest absolute Gasteiger partial charge is 0.481 e. The van der Waals surface area contributed by atoms with Gasteiger partial charge in [-0.25, -0.2) is 0 Å². The Kier molecular flexibility index (Phi) is 4.85. The van der Waals surface area contributed by atoms with E-state index in [1.165, 1.54) is 0 Å². The fraction of sp³-hybridized carbons (Fsp3) is 0.833. The molecule has 1 atom stereocenters. The van der Waals surface area contributed by atoms with E-state index in [0.717, 1.165) is 0 Å². The Morgan fingerprint density at radius 1 is 1.50 bits per heavy atom. The molecule has 0 saturated carbocycles. The van der Waals surface area contributed by atoms with Crippen molar-refractivity contribution in [3.63, 3.8) is 0 Å². The lowest BCUT2D eigenvalue weighted by Crippen LogP contribution is -2.39. The Bertz CT molecular complexity index is 162. The van der Waals surface area contributed by atoms with Gasteiger partial charge in [0.2, 0.25) is 0 Å². The first kappa shape index (κ1) is 12.0. The van der Waals surface area contributed by atoms with E-state index < -0.39 is 22.8 Å². The van der Waals surface area contributed by atoms with Gasteiger partial charge >= 0.3 is 5.97 Å². The van der Waals surface area contributed by atoms with Crippen LogP contribution in [-0.2, 0) is 4.79 Å². The van der Waals surface area contributed by atoms with Gasteiger partial charge in [-0.15, -0.1) is 23.2 Å². The third kappa shape index (κ3) is 3.58. The Labute approximate surface area is 79.7 Å². The monoisotopic (exact) mass is 216 g/mol. The van der Waals surface area contributed by atoms with Crippen LogP contribution in [0.1, 0.15) is 12.8 Å². The number of carboxylic acids is 1. The predicted octanol–water partition coefficient (Wildman–Crippen LogP) is 0.378. The van der Waals surface area contributed by atoms with E-state index >= 15 is 0 Å². The van der Waals surface area contributed by atoms with E-state index in [0.29, 0.717) is 0 Å². The highest BCUT2D eigenvalue weighted by atomic mass is 35.5. The zero-order valence-corrected chi connectivity index (χ0v) is 7.72. The van der Waals surface area contributed by atoms with Crippen LogP contribution in [0, 0.1) is 0 Å². The number of rotatable bonds is 5. The molecule has 0 heterocycles. The number of halogens is 2. The third-order valence-corrected chi connectivity index (χ3v) is 2.22. The van der Waals surface area contributed by atoms with Crippen LogP contribution in [0.2, 0.25) is 0 Å². The fourth-order valence-corrected chi connectivity index (χ4v) is 1.10. The highest BCUT2D eigenvalue weighted by molar-refractivity contribution is 6.45. The zero-order chi connectivity index (χ0) is 9.78. The number of carboxylic acid groups (broad SMARTS) is 1. The summed E-state index contributed by atoms with van der Waals surface area (Å²) in [5, 5.41) is 26.3. The first-order valence-electron chi connectivity index (χ1n) is 3.25. The molecule has 3 N–H and O–H groups in total. The Hall–Kier alpha value is -0.0300. The van der Waals surface area contributed by atoms with Crippen molar-refractivity contribution < 1.29 is 20.1 Å². The molecule has 0 fully saturated rings. The summed E-state index contributed by atoms with van der Waals surface area (Å²) in [5.41, 5.74) is -1.75. The van der Waals surface area contributed by atoms with Crippen LogP contribution < -0.4 is 0 Å². The van der Waals surface area contributed by atoms with Gasteiger partial charge in [0.05, 0.1) is 6.42 Å². The van der Waals surface area contributed by atoms with Gasteiger partial charge in [0, 0.05) is 13.0 Å². The van der Waals surface area contributed by atoms with Crippen LogP contribution in [0.4, 0.5) is 0 Å². The zero-order valence-electron chi connectivity index (χ0n) is 6.20. The van der Waals surface area contributed by atoms with Crippen molar-refractivity contribution in [2.24, 2.45) is 0 Å². The molecule has 0 amide bonds. The number of carbonyl (C=O) groups is 1. The highest BCUT2D eigenvalue weighted by Gasteiger charge is 2.36. The van der Waals surface area contributed by atoms with Crippen molar-refractivity contribution in [2.75, 3.05) is 6.61 Å². The van der Waals surface area contributed by atoms with E-state index in [2.05, 4.69) is 0 Å². The molecule has 12 heavy (non-hydrogen) atoms. The third-order valence-electron chi connectivity index (χ3n) is 1.41. The van der Waals surface area contributed by atoms with Crippen LogP contribution in [-0.4, -0.2) is 38.3 Å². The Morgan fingerprint density at radius 3 is 2.25 bits per heavy atom. The molecule has 0 spiro atoms. The van der Waals surface area contributed by atoms with Gasteiger partial charge in [-0.1, -0.05) is 0 Å². The lowest BCUT2D eigenvalue weighted by molar-refractivity contribution is -0.142.